The van der Waals surface area contributed by atoms with Crippen LogP contribution in [-0.4, -0.2) is 32.1 Å². The van der Waals surface area contributed by atoms with Crippen molar-refractivity contribution in [2.75, 3.05) is 21.3 Å². The Hall–Kier alpha value is -2.08. The van der Waals surface area contributed by atoms with Gasteiger partial charge in [-0.25, -0.2) is 4.39 Å². The van der Waals surface area contributed by atoms with E-state index < -0.39 is 0 Å². The number of halogens is 2. The lowest BCUT2D eigenvalue weighted by molar-refractivity contribution is 0.0783. The molecule has 2 aromatic carbocycles. The fourth-order valence-electron chi connectivity index (χ4n) is 2.18. The minimum atomic E-state index is -0.347. The molecule has 0 saturated carbocycles. The smallest absolute Gasteiger partial charge is 0.254 e. The molecule has 0 radical (unpaired) electrons. The maximum atomic E-state index is 13.8. The van der Waals surface area contributed by atoms with Crippen molar-refractivity contribution in [3.63, 3.8) is 0 Å². The molecule has 0 aromatic heterocycles. The van der Waals surface area contributed by atoms with Crippen LogP contribution in [0.25, 0.3) is 0 Å². The van der Waals surface area contributed by atoms with Gasteiger partial charge in [0.25, 0.3) is 5.91 Å². The van der Waals surface area contributed by atoms with E-state index in [-0.39, 0.29) is 18.3 Å². The minimum absolute atomic E-state index is 0.165. The van der Waals surface area contributed by atoms with Gasteiger partial charge in [-0.1, -0.05) is 15.9 Å². The number of hydrogen-bond acceptors (Lipinski definition) is 3. The van der Waals surface area contributed by atoms with Gasteiger partial charge in [-0.15, -0.1) is 0 Å². The Labute approximate surface area is 142 Å². The predicted octanol–water partition coefficient (Wildman–Crippen LogP) is 3.88. The molecule has 0 aliphatic rings. The summed E-state index contributed by atoms with van der Waals surface area (Å²) in [6.45, 7) is 0.165. The van der Waals surface area contributed by atoms with Gasteiger partial charge in [-0.2, -0.15) is 0 Å². The van der Waals surface area contributed by atoms with E-state index in [4.69, 9.17) is 9.47 Å². The molecule has 0 unspecified atom stereocenters. The molecule has 1 amide bonds. The summed E-state index contributed by atoms with van der Waals surface area (Å²) in [6, 6.07) is 9.57. The van der Waals surface area contributed by atoms with Crippen molar-refractivity contribution in [2.45, 2.75) is 6.54 Å². The Morgan fingerprint density at radius 1 is 1.13 bits per heavy atom. The average Bonchev–Trinajstić information content (AvgIpc) is 2.56. The van der Waals surface area contributed by atoms with E-state index in [0.717, 1.165) is 4.47 Å². The molecule has 0 heterocycles. The Balaban J connectivity index is 2.21. The van der Waals surface area contributed by atoms with Gasteiger partial charge in [0.05, 0.1) is 14.2 Å². The lowest BCUT2D eigenvalue weighted by Gasteiger charge is -2.19. The molecule has 2 aromatic rings. The number of ether oxygens (including phenoxy) is 2. The van der Waals surface area contributed by atoms with Crippen LogP contribution in [-0.2, 0) is 6.54 Å². The number of methoxy groups -OCH3 is 2. The molecule has 0 N–H and O–H groups in total. The second-order valence-corrected chi connectivity index (χ2v) is 5.88. The fourth-order valence-corrected chi connectivity index (χ4v) is 2.59. The molecule has 0 atom stereocenters. The van der Waals surface area contributed by atoms with Crippen LogP contribution in [0, 0.1) is 5.82 Å². The number of benzene rings is 2. The molecule has 23 heavy (non-hydrogen) atoms. The number of nitrogens with zero attached hydrogens (tertiary/aromatic N) is 1. The van der Waals surface area contributed by atoms with Gasteiger partial charge in [0, 0.05) is 29.2 Å². The van der Waals surface area contributed by atoms with Crippen LogP contribution >= 0.6 is 15.9 Å². The quantitative estimate of drug-likeness (QED) is 0.788. The van der Waals surface area contributed by atoms with Crippen molar-refractivity contribution in [3.05, 3.63) is 57.8 Å². The molecule has 122 valence electrons. The molecular formula is C17H17BrFNO3. The van der Waals surface area contributed by atoms with Crippen LogP contribution in [0.4, 0.5) is 4.39 Å². The van der Waals surface area contributed by atoms with Crippen LogP contribution in [0.5, 0.6) is 11.5 Å². The molecule has 0 fully saturated rings. The van der Waals surface area contributed by atoms with Gasteiger partial charge in [0.1, 0.15) is 5.82 Å². The van der Waals surface area contributed by atoms with Crippen LogP contribution in [0.2, 0.25) is 0 Å². The summed E-state index contributed by atoms with van der Waals surface area (Å²) >= 11 is 3.30. The first-order valence-electron chi connectivity index (χ1n) is 6.87. The van der Waals surface area contributed by atoms with Crippen LogP contribution in [0.3, 0.4) is 0 Å². The number of carbonyl (C=O) groups excluding carboxylic acids is 1. The highest BCUT2D eigenvalue weighted by Crippen LogP contribution is 2.28. The van der Waals surface area contributed by atoms with E-state index in [1.807, 2.05) is 0 Å². The highest BCUT2D eigenvalue weighted by atomic mass is 79.9. The maximum Gasteiger partial charge on any atom is 0.254 e. The minimum Gasteiger partial charge on any atom is -0.493 e. The van der Waals surface area contributed by atoms with E-state index in [0.29, 0.717) is 22.6 Å². The van der Waals surface area contributed by atoms with Gasteiger partial charge in [0.2, 0.25) is 0 Å². The first-order valence-corrected chi connectivity index (χ1v) is 7.67. The monoisotopic (exact) mass is 381 g/mol. The summed E-state index contributed by atoms with van der Waals surface area (Å²) < 4.78 is 24.9. The Morgan fingerprint density at radius 2 is 1.83 bits per heavy atom. The Morgan fingerprint density at radius 3 is 2.48 bits per heavy atom. The summed E-state index contributed by atoms with van der Waals surface area (Å²) in [6.07, 6.45) is 0. The van der Waals surface area contributed by atoms with E-state index >= 15 is 0 Å². The molecule has 0 aliphatic heterocycles. The lowest BCUT2D eigenvalue weighted by Crippen LogP contribution is -2.26. The third-order valence-corrected chi connectivity index (χ3v) is 3.89. The molecule has 0 saturated heterocycles. The zero-order valence-electron chi connectivity index (χ0n) is 13.1. The normalized spacial score (nSPS) is 10.3. The molecule has 0 spiro atoms. The van der Waals surface area contributed by atoms with Crippen LogP contribution in [0.15, 0.2) is 40.9 Å². The van der Waals surface area contributed by atoms with Gasteiger partial charge in [-0.3, -0.25) is 4.79 Å². The summed E-state index contributed by atoms with van der Waals surface area (Å²) in [5.41, 5.74) is 0.885. The predicted molar refractivity (Wildman–Crippen MR) is 89.4 cm³/mol. The van der Waals surface area contributed by atoms with Crippen molar-refractivity contribution in [3.8, 4) is 11.5 Å². The third-order valence-electron chi connectivity index (χ3n) is 3.39. The van der Waals surface area contributed by atoms with Crippen LogP contribution < -0.4 is 9.47 Å². The molecule has 6 heteroatoms. The molecule has 4 nitrogen and oxygen atoms in total. The van der Waals surface area contributed by atoms with Gasteiger partial charge >= 0.3 is 0 Å². The average molecular weight is 382 g/mol. The van der Waals surface area contributed by atoms with Crippen LogP contribution in [0.1, 0.15) is 15.9 Å². The van der Waals surface area contributed by atoms with E-state index in [9.17, 15) is 9.18 Å². The summed E-state index contributed by atoms with van der Waals surface area (Å²) in [5.74, 6) is 0.440. The Kier molecular flexibility index (Phi) is 5.60. The first kappa shape index (κ1) is 17.3. The maximum absolute atomic E-state index is 13.8. The summed E-state index contributed by atoms with van der Waals surface area (Å²) in [4.78, 5) is 14.0. The molecular weight excluding hydrogens is 365 g/mol. The van der Waals surface area contributed by atoms with E-state index in [2.05, 4.69) is 15.9 Å². The summed E-state index contributed by atoms with van der Waals surface area (Å²) in [5, 5.41) is 0. The van der Waals surface area contributed by atoms with E-state index in [1.165, 1.54) is 25.2 Å². The molecule has 0 bridgehead atoms. The van der Waals surface area contributed by atoms with Gasteiger partial charge < -0.3 is 14.4 Å². The first-order chi connectivity index (χ1) is 11.0. The zero-order chi connectivity index (χ0) is 17.0. The molecule has 0 aliphatic carbocycles. The van der Waals surface area contributed by atoms with Crippen molar-refractivity contribution in [2.24, 2.45) is 0 Å². The largest absolute Gasteiger partial charge is 0.493 e. The highest BCUT2D eigenvalue weighted by molar-refractivity contribution is 9.10. The second kappa shape index (κ2) is 7.46. The number of rotatable bonds is 5. The topological polar surface area (TPSA) is 38.8 Å². The van der Waals surface area contributed by atoms with Gasteiger partial charge in [-0.05, 0) is 36.4 Å². The SMILES string of the molecule is COc1ccc(C(=O)N(C)Cc2cc(Br)ccc2F)cc1OC. The Bertz CT molecular complexity index is 721. The molecule has 2 rings (SSSR count). The van der Waals surface area contributed by atoms with Gasteiger partial charge in [0.15, 0.2) is 11.5 Å². The fraction of sp³-hybridized carbons (Fsp3) is 0.235. The zero-order valence-corrected chi connectivity index (χ0v) is 14.7. The second-order valence-electron chi connectivity index (χ2n) is 4.97. The third kappa shape index (κ3) is 4.01. The highest BCUT2D eigenvalue weighted by Gasteiger charge is 2.16. The number of amides is 1. The van der Waals surface area contributed by atoms with Crippen molar-refractivity contribution < 1.29 is 18.7 Å². The lowest BCUT2D eigenvalue weighted by atomic mass is 10.1. The number of carbonyl (C=O) groups is 1. The number of hydrogen-bond donors (Lipinski definition) is 0. The summed E-state index contributed by atoms with van der Waals surface area (Å²) in [7, 11) is 4.66. The van der Waals surface area contributed by atoms with E-state index in [1.54, 1.807) is 37.4 Å². The van der Waals surface area contributed by atoms with Crippen molar-refractivity contribution in [1.29, 1.82) is 0 Å². The van der Waals surface area contributed by atoms with Crippen molar-refractivity contribution in [1.82, 2.24) is 4.90 Å². The van der Waals surface area contributed by atoms with Crippen molar-refractivity contribution >= 4 is 21.8 Å². The standard InChI is InChI=1S/C17H17BrFNO3/c1-20(10-12-8-13(18)5-6-14(12)19)17(21)11-4-7-15(22-2)16(9-11)23-3/h4-9H,10H2,1-3H3.